The lowest BCUT2D eigenvalue weighted by atomic mass is 10.1. The van der Waals surface area contributed by atoms with Crippen molar-refractivity contribution in [3.8, 4) is 0 Å². The Morgan fingerprint density at radius 3 is 1.94 bits per heavy atom. The van der Waals surface area contributed by atoms with Crippen LogP contribution in [-0.4, -0.2) is 95.9 Å². The number of carbonyl (C=O) groups is 1. The highest BCUT2D eigenvalue weighted by molar-refractivity contribution is 6.19. The first kappa shape index (κ1) is 35.1. The van der Waals surface area contributed by atoms with E-state index in [2.05, 4.69) is 90.9 Å². The molecule has 54 heavy (non-hydrogen) atoms. The number of ketones is 1. The summed E-state index contributed by atoms with van der Waals surface area (Å²) in [6, 6.07) is 34.5. The summed E-state index contributed by atoms with van der Waals surface area (Å²) in [5.41, 5.74) is 7.92. The van der Waals surface area contributed by atoms with Gasteiger partial charge in [0.05, 0.1) is 40.3 Å². The van der Waals surface area contributed by atoms with Gasteiger partial charge in [-0.2, -0.15) is 0 Å². The molecule has 0 atom stereocenters. The Morgan fingerprint density at radius 1 is 0.704 bits per heavy atom. The van der Waals surface area contributed by atoms with Crippen molar-refractivity contribution in [1.29, 1.82) is 0 Å². The van der Waals surface area contributed by atoms with E-state index in [9.17, 15) is 4.79 Å². The number of para-hydroxylation sites is 6. The van der Waals surface area contributed by atoms with E-state index < -0.39 is 0 Å². The van der Waals surface area contributed by atoms with Gasteiger partial charge in [-0.3, -0.25) is 19.2 Å². The number of anilines is 4. The first-order valence-corrected chi connectivity index (χ1v) is 19.2. The number of carbonyl (C=O) groups excluding carboxylic acids is 1. The minimum atomic E-state index is 0.116. The number of hydrogen-bond donors (Lipinski definition) is 1. The molecule has 0 fully saturated rings. The lowest BCUT2D eigenvalue weighted by Crippen LogP contribution is -2.44. The number of imidazole rings is 2. The molecule has 276 valence electrons. The molecule has 0 unspecified atom stereocenters. The van der Waals surface area contributed by atoms with Crippen LogP contribution >= 0.6 is 0 Å². The first-order chi connectivity index (χ1) is 26.6. The number of H-pyrrole nitrogens is 1. The second-order valence-electron chi connectivity index (χ2n) is 13.7. The van der Waals surface area contributed by atoms with E-state index in [0.717, 1.165) is 105 Å². The van der Waals surface area contributed by atoms with Gasteiger partial charge in [-0.1, -0.05) is 80.6 Å². The molecule has 10 rings (SSSR count). The molecule has 0 amide bonds. The number of nitrogens with one attached hydrogen (secondary N) is 1. The van der Waals surface area contributed by atoms with Crippen LogP contribution in [0.25, 0.3) is 16.8 Å². The second-order valence-corrected chi connectivity index (χ2v) is 13.7. The number of guanidine groups is 2. The monoisotopic (exact) mass is 720 g/mol. The number of aromatic nitrogens is 3. The van der Waals surface area contributed by atoms with E-state index in [1.165, 1.54) is 16.9 Å². The van der Waals surface area contributed by atoms with Crippen LogP contribution in [0.4, 0.5) is 22.7 Å². The van der Waals surface area contributed by atoms with Crippen LogP contribution in [0.3, 0.4) is 0 Å². The third-order valence-corrected chi connectivity index (χ3v) is 10.5. The maximum absolute atomic E-state index is 12.6. The standard InChI is InChI=1S/C18H17N3O.C16H24N4.C9H7N3/c22-17(14-7-2-1-3-8-14)13-21-16-10-5-4-9-15(16)20-12-6-11-19-18(20)21;1-3-18(4-2)12-13-20-15-9-6-5-8-14(15)19-11-7-10-17-16(19)20;1-2-4-8-7(3-1)11-9-10-5-6-12(8)9/h1-5,7-10H,6,11-13H2;5-6,8-9H,3-4,7,10-13H2,1-2H3;1-6H,(H,10,11). The Morgan fingerprint density at radius 2 is 1.28 bits per heavy atom. The Bertz CT molecular complexity index is 2270. The summed E-state index contributed by atoms with van der Waals surface area (Å²) in [6.07, 6.45) is 5.95. The highest BCUT2D eigenvalue weighted by Crippen LogP contribution is 2.39. The zero-order valence-electron chi connectivity index (χ0n) is 31.2. The molecular weight excluding hydrogens is 673 g/mol. The minimum Gasteiger partial charge on any atom is -0.323 e. The summed E-state index contributed by atoms with van der Waals surface area (Å²) >= 11 is 0. The molecule has 0 spiro atoms. The molecule has 4 aliphatic heterocycles. The zero-order chi connectivity index (χ0) is 36.9. The first-order valence-electron chi connectivity index (χ1n) is 19.2. The topological polar surface area (TPSA) is 91.1 Å². The van der Waals surface area contributed by atoms with Gasteiger partial charge in [0.25, 0.3) is 0 Å². The predicted molar refractivity (Wildman–Crippen MR) is 222 cm³/mol. The number of Topliss-reactive ketones (excluding diaryl/α,β-unsaturated/α-hetero) is 1. The number of likely N-dealkylation sites (N-methyl/N-ethyl adjacent to an activating group) is 1. The van der Waals surface area contributed by atoms with Crippen LogP contribution in [0, 0.1) is 0 Å². The molecule has 0 bridgehead atoms. The average Bonchev–Trinajstić information content (AvgIpc) is 4.00. The van der Waals surface area contributed by atoms with Crippen LogP contribution in [0.5, 0.6) is 0 Å². The molecule has 2 aromatic heterocycles. The summed E-state index contributed by atoms with van der Waals surface area (Å²) in [5, 5.41) is 0. The van der Waals surface area contributed by atoms with Crippen molar-refractivity contribution in [2.75, 3.05) is 78.5 Å². The predicted octanol–water partition coefficient (Wildman–Crippen LogP) is 7.19. The number of nitrogens with zero attached hydrogens (tertiary/aromatic N) is 9. The highest BCUT2D eigenvalue weighted by Gasteiger charge is 2.35. The quantitative estimate of drug-likeness (QED) is 0.167. The van der Waals surface area contributed by atoms with Gasteiger partial charge < -0.3 is 29.5 Å². The molecule has 6 aromatic rings. The summed E-state index contributed by atoms with van der Waals surface area (Å²) in [7, 11) is 0. The molecule has 6 heterocycles. The Kier molecular flexibility index (Phi) is 10.4. The van der Waals surface area contributed by atoms with E-state index in [4.69, 9.17) is 4.99 Å². The van der Waals surface area contributed by atoms with Gasteiger partial charge in [0, 0.05) is 57.2 Å². The lowest BCUT2D eigenvalue weighted by Gasteiger charge is -2.28. The molecule has 11 nitrogen and oxygen atoms in total. The number of benzene rings is 4. The van der Waals surface area contributed by atoms with Gasteiger partial charge in [-0.25, -0.2) is 4.98 Å². The maximum atomic E-state index is 12.6. The summed E-state index contributed by atoms with van der Waals surface area (Å²) < 4.78 is 2.04. The summed E-state index contributed by atoms with van der Waals surface area (Å²) in [6.45, 7) is 13.0. The molecule has 1 N–H and O–H groups in total. The van der Waals surface area contributed by atoms with E-state index in [1.807, 2.05) is 76.2 Å². The van der Waals surface area contributed by atoms with Crippen LogP contribution in [-0.2, 0) is 0 Å². The van der Waals surface area contributed by atoms with E-state index in [1.54, 1.807) is 6.20 Å². The van der Waals surface area contributed by atoms with E-state index in [-0.39, 0.29) is 5.78 Å². The van der Waals surface area contributed by atoms with E-state index >= 15 is 0 Å². The van der Waals surface area contributed by atoms with Crippen molar-refractivity contribution in [2.24, 2.45) is 9.98 Å². The van der Waals surface area contributed by atoms with Crippen LogP contribution in [0.1, 0.15) is 37.0 Å². The van der Waals surface area contributed by atoms with Crippen molar-refractivity contribution in [2.45, 2.75) is 26.7 Å². The fourth-order valence-corrected chi connectivity index (χ4v) is 7.68. The maximum Gasteiger partial charge on any atom is 0.212 e. The lowest BCUT2D eigenvalue weighted by molar-refractivity contribution is 0.100. The molecular formula is C43H48N10O. The fraction of sp³-hybridized carbons (Fsp3) is 0.302. The Hall–Kier alpha value is -5.94. The highest BCUT2D eigenvalue weighted by atomic mass is 16.1. The van der Waals surface area contributed by atoms with Gasteiger partial charge in [-0.05, 0) is 62.3 Å². The third kappa shape index (κ3) is 6.94. The molecule has 0 saturated heterocycles. The summed E-state index contributed by atoms with van der Waals surface area (Å²) in [5.74, 6) is 3.09. The molecule has 4 aliphatic rings. The van der Waals surface area contributed by atoms with Gasteiger partial charge in [0.1, 0.15) is 0 Å². The van der Waals surface area contributed by atoms with Gasteiger partial charge in [0.15, 0.2) is 5.78 Å². The van der Waals surface area contributed by atoms with Crippen molar-refractivity contribution in [3.05, 3.63) is 121 Å². The van der Waals surface area contributed by atoms with Crippen molar-refractivity contribution in [3.63, 3.8) is 0 Å². The number of rotatable bonds is 8. The Balaban J connectivity index is 0.000000119. The fourth-order valence-electron chi connectivity index (χ4n) is 7.68. The number of aliphatic imine (C=N–C) groups is 2. The average molecular weight is 721 g/mol. The molecule has 0 aliphatic carbocycles. The van der Waals surface area contributed by atoms with Crippen molar-refractivity contribution in [1.82, 2.24) is 19.3 Å². The SMILES string of the molecule is CCN(CC)CCN1C2=NCCCN2c2ccccc21.O=C(CN1C2=NCCCN2c2ccccc21)c1ccccc1.c1ccc2c(c1)[nH]c1nccn12. The minimum absolute atomic E-state index is 0.116. The third-order valence-electron chi connectivity index (χ3n) is 10.5. The largest absolute Gasteiger partial charge is 0.323 e. The van der Waals surface area contributed by atoms with Crippen molar-refractivity contribution >= 4 is 57.3 Å². The normalized spacial score (nSPS) is 15.5. The Labute approximate surface area is 316 Å². The van der Waals surface area contributed by atoms with Crippen LogP contribution in [0.2, 0.25) is 0 Å². The second kappa shape index (κ2) is 16.0. The van der Waals surface area contributed by atoms with Gasteiger partial charge in [-0.15, -0.1) is 0 Å². The zero-order valence-corrected chi connectivity index (χ0v) is 31.2. The van der Waals surface area contributed by atoms with Gasteiger partial charge in [0.2, 0.25) is 17.7 Å². The molecule has 4 aromatic carbocycles. The van der Waals surface area contributed by atoms with Crippen molar-refractivity contribution < 1.29 is 4.79 Å². The van der Waals surface area contributed by atoms with Crippen LogP contribution < -0.4 is 19.6 Å². The molecule has 11 heteroatoms. The van der Waals surface area contributed by atoms with Crippen LogP contribution in [0.15, 0.2) is 126 Å². The van der Waals surface area contributed by atoms with E-state index in [0.29, 0.717) is 6.54 Å². The van der Waals surface area contributed by atoms with Gasteiger partial charge >= 0.3 is 0 Å². The number of hydrogen-bond acceptors (Lipinski definition) is 9. The molecule has 0 saturated carbocycles. The number of aromatic amines is 1. The molecule has 0 radical (unpaired) electrons. The summed E-state index contributed by atoms with van der Waals surface area (Å²) in [4.78, 5) is 40.9. The number of fused-ring (bicyclic) bond motifs is 9. The smallest absolute Gasteiger partial charge is 0.212 e.